The van der Waals surface area contributed by atoms with Gasteiger partial charge in [-0.2, -0.15) is 0 Å². The van der Waals surface area contributed by atoms with Gasteiger partial charge in [0.25, 0.3) is 0 Å². The third-order valence-corrected chi connectivity index (χ3v) is 4.20. The first-order chi connectivity index (χ1) is 11.1. The zero-order chi connectivity index (χ0) is 16.4. The first-order valence-corrected chi connectivity index (χ1v) is 7.84. The second-order valence-corrected chi connectivity index (χ2v) is 5.86. The minimum Gasteiger partial charge on any atom is -0.330 e. The largest absolute Gasteiger partial charge is 0.330 e. The molecule has 0 spiro atoms. The molecule has 0 aliphatic heterocycles. The first-order valence-electron chi connectivity index (χ1n) is 7.84. The number of nitrogens with two attached hydrogens (primary N) is 1. The lowest BCUT2D eigenvalue weighted by Crippen LogP contribution is -2.04. The summed E-state index contributed by atoms with van der Waals surface area (Å²) in [6.07, 6.45) is 0.832. The molecule has 2 nitrogen and oxygen atoms in total. The lowest BCUT2D eigenvalue weighted by Gasteiger charge is -2.13. The van der Waals surface area contributed by atoms with E-state index in [9.17, 15) is 4.39 Å². The standard InChI is InChI=1S/C20H21FN2/c1-14-3-5-16(6-4-14)20-13-17(11-12-22)15(2)23(20)19-9-7-18(21)8-10-19/h3-10,13H,11-12,22H2,1-2H3. The number of benzene rings is 2. The summed E-state index contributed by atoms with van der Waals surface area (Å²) >= 11 is 0. The molecule has 0 fully saturated rings. The number of aromatic nitrogens is 1. The van der Waals surface area contributed by atoms with Gasteiger partial charge >= 0.3 is 0 Å². The van der Waals surface area contributed by atoms with E-state index < -0.39 is 0 Å². The van der Waals surface area contributed by atoms with Crippen LogP contribution in [-0.2, 0) is 6.42 Å². The fraction of sp³-hybridized carbons (Fsp3) is 0.200. The molecule has 0 amide bonds. The fourth-order valence-electron chi connectivity index (χ4n) is 2.93. The lowest BCUT2D eigenvalue weighted by molar-refractivity contribution is 0.627. The van der Waals surface area contributed by atoms with Crippen molar-refractivity contribution in [3.8, 4) is 16.9 Å². The van der Waals surface area contributed by atoms with Gasteiger partial charge in [-0.05, 0) is 68.3 Å². The maximum Gasteiger partial charge on any atom is 0.123 e. The molecule has 118 valence electrons. The van der Waals surface area contributed by atoms with Crippen LogP contribution in [0.4, 0.5) is 4.39 Å². The molecule has 0 unspecified atom stereocenters. The normalized spacial score (nSPS) is 11.0. The van der Waals surface area contributed by atoms with E-state index in [1.807, 2.05) is 12.1 Å². The number of halogens is 1. The predicted octanol–water partition coefficient (Wildman–Crippen LogP) is 4.40. The predicted molar refractivity (Wildman–Crippen MR) is 93.4 cm³/mol. The zero-order valence-electron chi connectivity index (χ0n) is 13.5. The Bertz CT molecular complexity index is 799. The number of hydrogen-bond acceptors (Lipinski definition) is 1. The molecule has 0 atom stereocenters. The molecular weight excluding hydrogens is 287 g/mol. The minimum absolute atomic E-state index is 0.224. The quantitative estimate of drug-likeness (QED) is 0.761. The van der Waals surface area contributed by atoms with Gasteiger partial charge in [-0.3, -0.25) is 0 Å². The van der Waals surface area contributed by atoms with Crippen LogP contribution in [0, 0.1) is 19.7 Å². The molecule has 0 bridgehead atoms. The van der Waals surface area contributed by atoms with Gasteiger partial charge in [-0.15, -0.1) is 0 Å². The highest BCUT2D eigenvalue weighted by atomic mass is 19.1. The van der Waals surface area contributed by atoms with Crippen molar-refractivity contribution in [1.82, 2.24) is 4.57 Å². The van der Waals surface area contributed by atoms with Crippen LogP contribution >= 0.6 is 0 Å². The third kappa shape index (κ3) is 3.06. The van der Waals surface area contributed by atoms with Gasteiger partial charge in [0.15, 0.2) is 0 Å². The maximum atomic E-state index is 13.3. The summed E-state index contributed by atoms with van der Waals surface area (Å²) in [6, 6.07) is 17.3. The summed E-state index contributed by atoms with van der Waals surface area (Å²) in [5.41, 5.74) is 12.6. The zero-order valence-corrected chi connectivity index (χ0v) is 13.5. The van der Waals surface area contributed by atoms with E-state index in [0.29, 0.717) is 6.54 Å². The Labute approximate surface area is 136 Å². The molecule has 0 aliphatic rings. The summed E-state index contributed by atoms with van der Waals surface area (Å²) in [6.45, 7) is 4.78. The molecule has 1 heterocycles. The Morgan fingerprint density at radius 2 is 1.61 bits per heavy atom. The van der Waals surface area contributed by atoms with E-state index in [2.05, 4.69) is 48.7 Å². The van der Waals surface area contributed by atoms with Crippen LogP contribution in [-0.4, -0.2) is 11.1 Å². The Morgan fingerprint density at radius 3 is 2.22 bits per heavy atom. The van der Waals surface area contributed by atoms with Crippen molar-refractivity contribution in [3.63, 3.8) is 0 Å². The van der Waals surface area contributed by atoms with Gasteiger partial charge in [0.05, 0.1) is 5.69 Å². The maximum absolute atomic E-state index is 13.3. The van der Waals surface area contributed by atoms with Crippen molar-refractivity contribution in [1.29, 1.82) is 0 Å². The summed E-state index contributed by atoms with van der Waals surface area (Å²) < 4.78 is 15.4. The Balaban J connectivity index is 2.19. The van der Waals surface area contributed by atoms with Crippen molar-refractivity contribution >= 4 is 0 Å². The SMILES string of the molecule is Cc1ccc(-c2cc(CCN)c(C)n2-c2ccc(F)cc2)cc1. The minimum atomic E-state index is -0.224. The van der Waals surface area contributed by atoms with Gasteiger partial charge in [0.2, 0.25) is 0 Å². The van der Waals surface area contributed by atoms with Gasteiger partial charge in [0.1, 0.15) is 5.82 Å². The molecule has 0 saturated carbocycles. The van der Waals surface area contributed by atoms with Crippen molar-refractivity contribution in [2.24, 2.45) is 5.73 Å². The van der Waals surface area contributed by atoms with Crippen LogP contribution in [0.5, 0.6) is 0 Å². The summed E-state index contributed by atoms with van der Waals surface area (Å²) in [7, 11) is 0. The van der Waals surface area contributed by atoms with E-state index in [4.69, 9.17) is 5.73 Å². The van der Waals surface area contributed by atoms with Crippen LogP contribution < -0.4 is 5.73 Å². The van der Waals surface area contributed by atoms with E-state index in [-0.39, 0.29) is 5.82 Å². The number of hydrogen-bond donors (Lipinski definition) is 1. The van der Waals surface area contributed by atoms with E-state index >= 15 is 0 Å². The molecular formula is C20H21FN2. The molecule has 23 heavy (non-hydrogen) atoms. The molecule has 0 radical (unpaired) electrons. The fourth-order valence-corrected chi connectivity index (χ4v) is 2.93. The first kappa shape index (κ1) is 15.5. The number of nitrogens with zero attached hydrogens (tertiary/aromatic N) is 1. The topological polar surface area (TPSA) is 30.9 Å². The van der Waals surface area contributed by atoms with Crippen molar-refractivity contribution in [2.75, 3.05) is 6.54 Å². The number of aryl methyl sites for hydroxylation is 1. The van der Waals surface area contributed by atoms with Gasteiger partial charge in [-0.25, -0.2) is 4.39 Å². The van der Waals surface area contributed by atoms with Gasteiger partial charge in [0, 0.05) is 11.4 Å². The average molecular weight is 308 g/mol. The van der Waals surface area contributed by atoms with Crippen LogP contribution in [0.15, 0.2) is 54.6 Å². The Kier molecular flexibility index (Phi) is 4.30. The molecule has 1 aromatic heterocycles. The highest BCUT2D eigenvalue weighted by Crippen LogP contribution is 2.30. The molecule has 2 N–H and O–H groups in total. The highest BCUT2D eigenvalue weighted by Gasteiger charge is 2.14. The summed E-state index contributed by atoms with van der Waals surface area (Å²) in [5, 5.41) is 0. The van der Waals surface area contributed by atoms with E-state index in [0.717, 1.165) is 29.1 Å². The molecule has 3 heteroatoms. The smallest absolute Gasteiger partial charge is 0.123 e. The lowest BCUT2D eigenvalue weighted by atomic mass is 10.1. The van der Waals surface area contributed by atoms with E-state index in [1.54, 1.807) is 0 Å². The van der Waals surface area contributed by atoms with Gasteiger partial charge < -0.3 is 10.3 Å². The number of rotatable bonds is 4. The van der Waals surface area contributed by atoms with Crippen LogP contribution in [0.3, 0.4) is 0 Å². The summed E-state index contributed by atoms with van der Waals surface area (Å²) in [5.74, 6) is -0.224. The Hall–Kier alpha value is -2.39. The molecule has 0 aliphatic carbocycles. The molecule has 2 aromatic carbocycles. The monoisotopic (exact) mass is 308 g/mol. The third-order valence-electron chi connectivity index (χ3n) is 4.20. The van der Waals surface area contributed by atoms with Gasteiger partial charge in [-0.1, -0.05) is 29.8 Å². The van der Waals surface area contributed by atoms with Crippen LogP contribution in [0.25, 0.3) is 16.9 Å². The molecule has 3 aromatic rings. The highest BCUT2D eigenvalue weighted by molar-refractivity contribution is 5.66. The second kappa shape index (κ2) is 6.39. The average Bonchev–Trinajstić information content (AvgIpc) is 2.86. The molecule has 0 saturated heterocycles. The van der Waals surface area contributed by atoms with Crippen LogP contribution in [0.1, 0.15) is 16.8 Å². The Morgan fingerprint density at radius 1 is 0.957 bits per heavy atom. The van der Waals surface area contributed by atoms with Crippen LogP contribution in [0.2, 0.25) is 0 Å². The van der Waals surface area contributed by atoms with Crippen molar-refractivity contribution in [2.45, 2.75) is 20.3 Å². The second-order valence-electron chi connectivity index (χ2n) is 5.86. The van der Waals surface area contributed by atoms with Crippen molar-refractivity contribution < 1.29 is 4.39 Å². The molecule has 3 rings (SSSR count). The summed E-state index contributed by atoms with van der Waals surface area (Å²) in [4.78, 5) is 0. The van der Waals surface area contributed by atoms with Crippen molar-refractivity contribution in [3.05, 3.63) is 77.2 Å². The van der Waals surface area contributed by atoms with E-state index in [1.165, 1.54) is 23.3 Å².